The van der Waals surface area contributed by atoms with Crippen LogP contribution < -0.4 is 0 Å². The van der Waals surface area contributed by atoms with Crippen LogP contribution in [-0.4, -0.2) is 45.8 Å². The minimum atomic E-state index is -0.408. The van der Waals surface area contributed by atoms with Crippen molar-refractivity contribution in [1.29, 1.82) is 0 Å². The zero-order valence-electron chi connectivity index (χ0n) is 13.3. The van der Waals surface area contributed by atoms with Gasteiger partial charge in [-0.15, -0.1) is 0 Å². The molecule has 0 aliphatic carbocycles. The van der Waals surface area contributed by atoms with Gasteiger partial charge in [0.05, 0.1) is 30.4 Å². The van der Waals surface area contributed by atoms with E-state index in [1.807, 2.05) is 10.6 Å². The second-order valence-corrected chi connectivity index (χ2v) is 6.85. The van der Waals surface area contributed by atoms with Gasteiger partial charge in [0.2, 0.25) is 0 Å². The Labute approximate surface area is 135 Å². The summed E-state index contributed by atoms with van der Waals surface area (Å²) in [5.74, 6) is 0.112. The van der Waals surface area contributed by atoms with Crippen LogP contribution in [0.3, 0.4) is 0 Å². The van der Waals surface area contributed by atoms with E-state index < -0.39 is 6.10 Å². The summed E-state index contributed by atoms with van der Waals surface area (Å²) in [7, 11) is 2.11. The molecule has 23 heavy (non-hydrogen) atoms. The lowest BCUT2D eigenvalue weighted by Gasteiger charge is -2.33. The highest BCUT2D eigenvalue weighted by molar-refractivity contribution is 5.69. The first-order valence-electron chi connectivity index (χ1n) is 8.32. The number of piperidine rings is 1. The molecular formula is C18H22FN3O. The zero-order valence-corrected chi connectivity index (χ0v) is 13.3. The van der Waals surface area contributed by atoms with Crippen molar-refractivity contribution in [3.63, 3.8) is 0 Å². The first-order chi connectivity index (χ1) is 11.1. The molecule has 5 heteroatoms. The van der Waals surface area contributed by atoms with Crippen LogP contribution in [0.4, 0.5) is 4.39 Å². The van der Waals surface area contributed by atoms with Crippen molar-refractivity contribution in [3.8, 4) is 11.3 Å². The van der Waals surface area contributed by atoms with Crippen molar-refractivity contribution in [2.75, 3.05) is 20.1 Å². The number of aliphatic hydroxyl groups excluding tert-OH is 1. The summed E-state index contributed by atoms with van der Waals surface area (Å²) in [4.78, 5) is 6.50. The van der Waals surface area contributed by atoms with Crippen molar-refractivity contribution >= 4 is 0 Å². The molecule has 1 aromatic carbocycles. The molecule has 4 rings (SSSR count). The summed E-state index contributed by atoms with van der Waals surface area (Å²) < 4.78 is 16.4. The molecular weight excluding hydrogens is 293 g/mol. The summed E-state index contributed by atoms with van der Waals surface area (Å²) in [5.41, 5.74) is 2.56. The molecule has 0 spiro atoms. The number of halogens is 1. The maximum Gasteiger partial charge on any atom is 0.129 e. The third-order valence-electron chi connectivity index (χ3n) is 5.44. The number of imidazole rings is 1. The SMILES string of the molecule is CN1CCC(C(O)CC2c3c(F)cccc3-c3cncn32)CC1. The van der Waals surface area contributed by atoms with E-state index in [0.29, 0.717) is 17.9 Å². The number of fused-ring (bicyclic) bond motifs is 3. The first kappa shape index (κ1) is 14.8. The van der Waals surface area contributed by atoms with Gasteiger partial charge in [-0.2, -0.15) is 0 Å². The Morgan fingerprint density at radius 2 is 2.13 bits per heavy atom. The van der Waals surface area contributed by atoms with Gasteiger partial charge in [0.1, 0.15) is 5.82 Å². The number of aromatic nitrogens is 2. The van der Waals surface area contributed by atoms with Gasteiger partial charge in [-0.1, -0.05) is 12.1 Å². The maximum absolute atomic E-state index is 14.4. The molecule has 2 aliphatic heterocycles. The Kier molecular flexibility index (Phi) is 3.70. The Balaban J connectivity index is 1.60. The van der Waals surface area contributed by atoms with Crippen LogP contribution >= 0.6 is 0 Å². The number of hydrogen-bond donors (Lipinski definition) is 1. The molecule has 0 amide bonds. The fourth-order valence-corrected chi connectivity index (χ4v) is 4.07. The summed E-state index contributed by atoms with van der Waals surface area (Å²) in [6, 6.07) is 5.03. The monoisotopic (exact) mass is 315 g/mol. The summed E-state index contributed by atoms with van der Waals surface area (Å²) in [5, 5.41) is 10.7. The Bertz CT molecular complexity index is 706. The van der Waals surface area contributed by atoms with Gasteiger partial charge in [0.25, 0.3) is 0 Å². The first-order valence-corrected chi connectivity index (χ1v) is 8.32. The molecule has 2 unspecified atom stereocenters. The molecule has 1 fully saturated rings. The standard InChI is InChI=1S/C18H22FN3O/c1-21-7-5-12(6-8-21)17(23)9-15-18-13(3-2-4-14(18)19)16-10-20-11-22(15)16/h2-4,10-12,15,17,23H,5-9H2,1H3. The van der Waals surface area contributed by atoms with Gasteiger partial charge in [0, 0.05) is 11.1 Å². The third-order valence-corrected chi connectivity index (χ3v) is 5.44. The second kappa shape index (κ2) is 5.73. The number of aliphatic hydroxyl groups is 1. The minimum absolute atomic E-state index is 0.154. The van der Waals surface area contributed by atoms with Crippen molar-refractivity contribution in [1.82, 2.24) is 14.5 Å². The lowest BCUT2D eigenvalue weighted by atomic mass is 9.86. The van der Waals surface area contributed by atoms with Crippen LogP contribution in [-0.2, 0) is 0 Å². The predicted octanol–water partition coefficient (Wildman–Crippen LogP) is 2.68. The average Bonchev–Trinajstić information content (AvgIpc) is 3.12. The maximum atomic E-state index is 14.4. The number of hydrogen-bond acceptors (Lipinski definition) is 3. The summed E-state index contributed by atoms with van der Waals surface area (Å²) >= 11 is 0. The zero-order chi connectivity index (χ0) is 16.0. The fourth-order valence-electron chi connectivity index (χ4n) is 4.07. The van der Waals surface area contributed by atoms with Crippen molar-refractivity contribution in [2.24, 2.45) is 5.92 Å². The normalized spacial score (nSPS) is 22.8. The second-order valence-electron chi connectivity index (χ2n) is 6.85. The van der Waals surface area contributed by atoms with E-state index in [1.54, 1.807) is 18.6 Å². The van der Waals surface area contributed by atoms with Gasteiger partial charge < -0.3 is 14.6 Å². The van der Waals surface area contributed by atoms with Crippen LogP contribution in [0.15, 0.2) is 30.7 Å². The van der Waals surface area contributed by atoms with E-state index in [1.165, 1.54) is 6.07 Å². The molecule has 0 saturated carbocycles. The van der Waals surface area contributed by atoms with Gasteiger partial charge >= 0.3 is 0 Å². The molecule has 2 aromatic rings. The molecule has 1 saturated heterocycles. The summed E-state index contributed by atoms with van der Waals surface area (Å²) in [6.07, 6.45) is 5.68. The van der Waals surface area contributed by atoms with Crippen LogP contribution in [0.5, 0.6) is 0 Å². The molecule has 4 nitrogen and oxygen atoms in total. The van der Waals surface area contributed by atoms with E-state index in [0.717, 1.165) is 37.2 Å². The van der Waals surface area contributed by atoms with Crippen LogP contribution in [0, 0.1) is 11.7 Å². The number of rotatable bonds is 3. The van der Waals surface area contributed by atoms with Crippen LogP contribution in [0.1, 0.15) is 30.9 Å². The number of benzene rings is 1. The van der Waals surface area contributed by atoms with Gasteiger partial charge in [-0.05, 0) is 51.4 Å². The molecule has 1 aromatic heterocycles. The fraction of sp³-hybridized carbons (Fsp3) is 0.500. The topological polar surface area (TPSA) is 41.3 Å². The Hall–Kier alpha value is -1.72. The predicted molar refractivity (Wildman–Crippen MR) is 86.6 cm³/mol. The Morgan fingerprint density at radius 1 is 1.35 bits per heavy atom. The van der Waals surface area contributed by atoms with Crippen molar-refractivity contribution in [3.05, 3.63) is 42.1 Å². The number of likely N-dealkylation sites (tertiary alicyclic amines) is 1. The number of nitrogens with zero attached hydrogens (tertiary/aromatic N) is 3. The Morgan fingerprint density at radius 3 is 2.91 bits per heavy atom. The van der Waals surface area contributed by atoms with Crippen LogP contribution in [0.25, 0.3) is 11.3 Å². The van der Waals surface area contributed by atoms with Crippen molar-refractivity contribution in [2.45, 2.75) is 31.4 Å². The molecule has 3 heterocycles. The quantitative estimate of drug-likeness (QED) is 0.947. The van der Waals surface area contributed by atoms with Gasteiger partial charge in [-0.25, -0.2) is 9.37 Å². The van der Waals surface area contributed by atoms with Gasteiger partial charge in [-0.3, -0.25) is 0 Å². The minimum Gasteiger partial charge on any atom is -0.393 e. The average molecular weight is 315 g/mol. The lowest BCUT2D eigenvalue weighted by Crippen LogP contribution is -2.36. The smallest absolute Gasteiger partial charge is 0.129 e. The summed E-state index contributed by atoms with van der Waals surface area (Å²) in [6.45, 7) is 2.04. The van der Waals surface area contributed by atoms with Crippen LogP contribution in [0.2, 0.25) is 0 Å². The molecule has 122 valence electrons. The largest absolute Gasteiger partial charge is 0.393 e. The highest BCUT2D eigenvalue weighted by Gasteiger charge is 2.34. The van der Waals surface area contributed by atoms with E-state index in [9.17, 15) is 9.50 Å². The lowest BCUT2D eigenvalue weighted by molar-refractivity contribution is 0.0525. The van der Waals surface area contributed by atoms with E-state index in [4.69, 9.17) is 0 Å². The van der Waals surface area contributed by atoms with Crippen molar-refractivity contribution < 1.29 is 9.50 Å². The molecule has 2 atom stereocenters. The van der Waals surface area contributed by atoms with Gasteiger partial charge in [0.15, 0.2) is 0 Å². The highest BCUT2D eigenvalue weighted by Crippen LogP contribution is 2.43. The molecule has 1 N–H and O–H groups in total. The third kappa shape index (κ3) is 2.48. The molecule has 0 bridgehead atoms. The molecule has 2 aliphatic rings. The van der Waals surface area contributed by atoms with E-state index in [-0.39, 0.29) is 11.9 Å². The van der Waals surface area contributed by atoms with E-state index >= 15 is 0 Å². The molecule has 0 radical (unpaired) electrons. The van der Waals surface area contributed by atoms with E-state index in [2.05, 4.69) is 16.9 Å². The highest BCUT2D eigenvalue weighted by atomic mass is 19.1.